The summed E-state index contributed by atoms with van der Waals surface area (Å²) in [5.74, 6) is -0.312. The molecule has 132 valence electrons. The third-order valence-electron chi connectivity index (χ3n) is 4.58. The van der Waals surface area contributed by atoms with Crippen molar-refractivity contribution >= 4 is 5.91 Å². The van der Waals surface area contributed by atoms with E-state index in [1.807, 2.05) is 13.0 Å². The molecule has 1 saturated heterocycles. The maximum absolute atomic E-state index is 13.0. The Morgan fingerprint density at radius 1 is 1.08 bits per heavy atom. The molecule has 0 unspecified atom stereocenters. The van der Waals surface area contributed by atoms with Crippen molar-refractivity contribution in [3.63, 3.8) is 0 Å². The van der Waals surface area contributed by atoms with Gasteiger partial charge in [0.2, 0.25) is 0 Å². The van der Waals surface area contributed by atoms with Crippen molar-refractivity contribution in [2.75, 3.05) is 26.2 Å². The average molecular weight is 342 g/mol. The Morgan fingerprint density at radius 3 is 2.56 bits per heavy atom. The zero-order chi connectivity index (χ0) is 17.8. The van der Waals surface area contributed by atoms with E-state index >= 15 is 0 Å². The normalized spacial score (nSPS) is 15.8. The summed E-state index contributed by atoms with van der Waals surface area (Å²) < 4.78 is 13.0. The van der Waals surface area contributed by atoms with Gasteiger partial charge in [-0.2, -0.15) is 0 Å². The van der Waals surface area contributed by atoms with Crippen LogP contribution in [-0.2, 0) is 6.54 Å². The maximum Gasteiger partial charge on any atom is 0.257 e. The number of hydrogen-bond donors (Lipinski definition) is 1. The number of carbonyl (C=O) groups excluding carboxylic acids is 1. The molecular formula is C20H23FN2O2. The fourth-order valence-corrected chi connectivity index (χ4v) is 3.17. The zero-order valence-corrected chi connectivity index (χ0v) is 14.4. The number of halogens is 1. The average Bonchev–Trinajstić information content (AvgIpc) is 2.82. The summed E-state index contributed by atoms with van der Waals surface area (Å²) >= 11 is 0. The Bertz CT molecular complexity index is 746. The van der Waals surface area contributed by atoms with Crippen molar-refractivity contribution in [3.05, 3.63) is 65.0 Å². The first-order chi connectivity index (χ1) is 12.0. The van der Waals surface area contributed by atoms with Gasteiger partial charge in [0.25, 0.3) is 5.91 Å². The second-order valence-electron chi connectivity index (χ2n) is 6.57. The van der Waals surface area contributed by atoms with E-state index in [4.69, 9.17) is 0 Å². The summed E-state index contributed by atoms with van der Waals surface area (Å²) in [4.78, 5) is 16.8. The van der Waals surface area contributed by atoms with E-state index in [1.165, 1.54) is 12.1 Å². The molecule has 25 heavy (non-hydrogen) atoms. The van der Waals surface area contributed by atoms with Gasteiger partial charge in [-0.15, -0.1) is 0 Å². The molecule has 0 aromatic heterocycles. The standard InChI is InChI=1S/C20H23FN2O2/c1-15-3-8-18(19(24)13-15)20(25)23-10-2-9-22(11-12-23)14-16-4-6-17(21)7-5-16/h3-8,13,24H,2,9-12,14H2,1H3. The highest BCUT2D eigenvalue weighted by molar-refractivity contribution is 5.96. The van der Waals surface area contributed by atoms with E-state index in [0.29, 0.717) is 18.7 Å². The van der Waals surface area contributed by atoms with Gasteiger partial charge in [0, 0.05) is 32.7 Å². The van der Waals surface area contributed by atoms with Crippen LogP contribution in [0, 0.1) is 12.7 Å². The third-order valence-corrected chi connectivity index (χ3v) is 4.58. The monoisotopic (exact) mass is 342 g/mol. The predicted octanol–water partition coefficient (Wildman–Crippen LogP) is 3.19. The van der Waals surface area contributed by atoms with Crippen LogP contribution in [-0.4, -0.2) is 47.0 Å². The number of rotatable bonds is 3. The van der Waals surface area contributed by atoms with Crippen LogP contribution in [0.15, 0.2) is 42.5 Å². The van der Waals surface area contributed by atoms with Gasteiger partial charge in [0.05, 0.1) is 5.56 Å². The van der Waals surface area contributed by atoms with Gasteiger partial charge in [-0.25, -0.2) is 4.39 Å². The second kappa shape index (κ2) is 7.66. The SMILES string of the molecule is Cc1ccc(C(=O)N2CCCN(Cc3ccc(F)cc3)CC2)c(O)c1. The van der Waals surface area contributed by atoms with Crippen molar-refractivity contribution in [2.45, 2.75) is 19.9 Å². The Morgan fingerprint density at radius 2 is 1.84 bits per heavy atom. The molecule has 1 aliphatic heterocycles. The number of nitrogens with zero attached hydrogens (tertiary/aromatic N) is 2. The summed E-state index contributed by atoms with van der Waals surface area (Å²) in [7, 11) is 0. The summed E-state index contributed by atoms with van der Waals surface area (Å²) in [5.41, 5.74) is 2.35. The van der Waals surface area contributed by atoms with Crippen LogP contribution >= 0.6 is 0 Å². The number of amides is 1. The lowest BCUT2D eigenvalue weighted by Gasteiger charge is -2.22. The van der Waals surface area contributed by atoms with E-state index in [-0.39, 0.29) is 17.5 Å². The second-order valence-corrected chi connectivity index (χ2v) is 6.57. The number of aromatic hydroxyl groups is 1. The first-order valence-corrected chi connectivity index (χ1v) is 8.58. The van der Waals surface area contributed by atoms with E-state index in [0.717, 1.165) is 37.2 Å². The van der Waals surface area contributed by atoms with E-state index in [9.17, 15) is 14.3 Å². The van der Waals surface area contributed by atoms with E-state index in [1.54, 1.807) is 29.2 Å². The van der Waals surface area contributed by atoms with Gasteiger partial charge in [-0.05, 0) is 48.7 Å². The lowest BCUT2D eigenvalue weighted by Crippen LogP contribution is -2.35. The Kier molecular flexibility index (Phi) is 5.34. The molecule has 0 spiro atoms. The predicted molar refractivity (Wildman–Crippen MR) is 95.0 cm³/mol. The first kappa shape index (κ1) is 17.4. The van der Waals surface area contributed by atoms with Gasteiger partial charge in [0.1, 0.15) is 11.6 Å². The van der Waals surface area contributed by atoms with Crippen molar-refractivity contribution in [1.82, 2.24) is 9.80 Å². The molecule has 2 aromatic rings. The minimum atomic E-state index is -0.228. The molecule has 1 fully saturated rings. The molecule has 5 heteroatoms. The number of hydrogen-bond acceptors (Lipinski definition) is 3. The highest BCUT2D eigenvalue weighted by Gasteiger charge is 2.22. The van der Waals surface area contributed by atoms with Crippen LogP contribution in [0.5, 0.6) is 5.75 Å². The molecule has 2 aromatic carbocycles. The van der Waals surface area contributed by atoms with Gasteiger partial charge >= 0.3 is 0 Å². The molecule has 1 aliphatic rings. The van der Waals surface area contributed by atoms with Crippen LogP contribution in [0.1, 0.15) is 27.9 Å². The smallest absolute Gasteiger partial charge is 0.257 e. The number of benzene rings is 2. The largest absolute Gasteiger partial charge is 0.507 e. The van der Waals surface area contributed by atoms with Gasteiger partial charge in [-0.3, -0.25) is 9.69 Å². The van der Waals surface area contributed by atoms with Crippen molar-refractivity contribution < 1.29 is 14.3 Å². The summed E-state index contributed by atoms with van der Waals surface area (Å²) in [6.45, 7) is 5.57. The lowest BCUT2D eigenvalue weighted by atomic mass is 10.1. The van der Waals surface area contributed by atoms with Gasteiger partial charge in [-0.1, -0.05) is 18.2 Å². The summed E-state index contributed by atoms with van der Waals surface area (Å²) in [6, 6.07) is 11.7. The first-order valence-electron chi connectivity index (χ1n) is 8.58. The van der Waals surface area contributed by atoms with Gasteiger partial charge in [0.15, 0.2) is 0 Å². The molecule has 3 rings (SSSR count). The molecule has 0 saturated carbocycles. The highest BCUT2D eigenvalue weighted by atomic mass is 19.1. The van der Waals surface area contributed by atoms with E-state index in [2.05, 4.69) is 4.90 Å². The van der Waals surface area contributed by atoms with Crippen molar-refractivity contribution in [2.24, 2.45) is 0 Å². The van der Waals surface area contributed by atoms with Crippen LogP contribution < -0.4 is 0 Å². The molecular weight excluding hydrogens is 319 g/mol. The number of aryl methyl sites for hydroxylation is 1. The lowest BCUT2D eigenvalue weighted by molar-refractivity contribution is 0.0758. The third kappa shape index (κ3) is 4.37. The minimum absolute atomic E-state index is 0.0393. The van der Waals surface area contributed by atoms with Crippen LogP contribution in [0.2, 0.25) is 0 Å². The molecule has 0 bridgehead atoms. The molecule has 0 radical (unpaired) electrons. The summed E-state index contributed by atoms with van der Waals surface area (Å²) in [6.07, 6.45) is 0.875. The minimum Gasteiger partial charge on any atom is -0.507 e. The molecule has 1 amide bonds. The van der Waals surface area contributed by atoms with Crippen LogP contribution in [0.25, 0.3) is 0 Å². The van der Waals surface area contributed by atoms with Crippen LogP contribution in [0.3, 0.4) is 0 Å². The summed E-state index contributed by atoms with van der Waals surface area (Å²) in [5, 5.41) is 10.0. The fourth-order valence-electron chi connectivity index (χ4n) is 3.17. The Hall–Kier alpha value is -2.40. The molecule has 0 aliphatic carbocycles. The topological polar surface area (TPSA) is 43.8 Å². The van der Waals surface area contributed by atoms with Crippen LogP contribution in [0.4, 0.5) is 4.39 Å². The van der Waals surface area contributed by atoms with Crippen molar-refractivity contribution in [3.8, 4) is 5.75 Å². The maximum atomic E-state index is 13.0. The quantitative estimate of drug-likeness (QED) is 0.932. The number of phenols is 1. The molecule has 1 N–H and O–H groups in total. The fraction of sp³-hybridized carbons (Fsp3) is 0.350. The van der Waals surface area contributed by atoms with Gasteiger partial charge < -0.3 is 10.0 Å². The van der Waals surface area contributed by atoms with E-state index < -0.39 is 0 Å². The Labute approximate surface area is 147 Å². The highest BCUT2D eigenvalue weighted by Crippen LogP contribution is 2.21. The Balaban J connectivity index is 1.62. The number of carbonyl (C=O) groups is 1. The van der Waals surface area contributed by atoms with Crippen molar-refractivity contribution in [1.29, 1.82) is 0 Å². The molecule has 4 nitrogen and oxygen atoms in total. The molecule has 1 heterocycles. The number of phenolic OH excluding ortho intramolecular Hbond substituents is 1. The zero-order valence-electron chi connectivity index (χ0n) is 14.4. The molecule has 0 atom stereocenters.